The Hall–Kier alpha value is -0.810. The summed E-state index contributed by atoms with van der Waals surface area (Å²) in [5, 5.41) is 1.46. The first-order valence-electron chi connectivity index (χ1n) is 6.72. The second kappa shape index (κ2) is 5.29. The Bertz CT molecular complexity index is 470. The molecular formula is C14H23N3OS. The van der Waals surface area contributed by atoms with E-state index in [9.17, 15) is 0 Å². The van der Waals surface area contributed by atoms with Gasteiger partial charge in [0.1, 0.15) is 16.7 Å². The minimum Gasteiger partial charge on any atom is -0.383 e. The van der Waals surface area contributed by atoms with Gasteiger partial charge in [0, 0.05) is 22.8 Å². The molecule has 1 aliphatic rings. The average Bonchev–Trinajstić information content (AvgIpc) is 2.69. The molecule has 0 bridgehead atoms. The Morgan fingerprint density at radius 3 is 2.53 bits per heavy atom. The summed E-state index contributed by atoms with van der Waals surface area (Å²) in [7, 11) is 0. The van der Waals surface area contributed by atoms with Gasteiger partial charge in [0.25, 0.3) is 0 Å². The molecule has 2 rings (SSSR count). The molecule has 2 N–H and O–H groups in total. The van der Waals surface area contributed by atoms with Crippen molar-refractivity contribution in [2.75, 3.05) is 12.3 Å². The molecule has 1 fully saturated rings. The van der Waals surface area contributed by atoms with Crippen LogP contribution < -0.4 is 5.73 Å². The van der Waals surface area contributed by atoms with E-state index in [2.05, 4.69) is 32.7 Å². The van der Waals surface area contributed by atoms with E-state index < -0.39 is 0 Å². The fourth-order valence-corrected chi connectivity index (χ4v) is 3.16. The van der Waals surface area contributed by atoms with Crippen molar-refractivity contribution in [2.45, 2.75) is 62.8 Å². The van der Waals surface area contributed by atoms with Crippen molar-refractivity contribution in [2.24, 2.45) is 0 Å². The SMILES string of the molecule is Cc1c(N)nc(C(C)(C)C)nc1SC1CCOC1C. The number of nitrogens with two attached hydrogens (primary N) is 1. The normalized spacial score (nSPS) is 23.8. The van der Waals surface area contributed by atoms with Crippen molar-refractivity contribution < 1.29 is 4.74 Å². The Labute approximate surface area is 119 Å². The lowest BCUT2D eigenvalue weighted by atomic mass is 9.95. The van der Waals surface area contributed by atoms with Crippen molar-refractivity contribution in [3.05, 3.63) is 11.4 Å². The molecule has 1 aromatic rings. The molecule has 1 aromatic heterocycles. The quantitative estimate of drug-likeness (QED) is 0.845. The van der Waals surface area contributed by atoms with Crippen LogP contribution in [0.25, 0.3) is 0 Å². The maximum absolute atomic E-state index is 6.03. The van der Waals surface area contributed by atoms with E-state index in [0.717, 1.165) is 29.4 Å². The lowest BCUT2D eigenvalue weighted by Gasteiger charge is -2.20. The second-order valence-electron chi connectivity index (χ2n) is 6.13. The summed E-state index contributed by atoms with van der Waals surface area (Å²) >= 11 is 1.77. The highest BCUT2D eigenvalue weighted by molar-refractivity contribution is 8.00. The zero-order chi connectivity index (χ0) is 14.2. The first-order chi connectivity index (χ1) is 8.79. The van der Waals surface area contributed by atoms with Gasteiger partial charge < -0.3 is 10.5 Å². The summed E-state index contributed by atoms with van der Waals surface area (Å²) in [5.41, 5.74) is 6.93. The first-order valence-corrected chi connectivity index (χ1v) is 7.60. The topological polar surface area (TPSA) is 61.0 Å². The number of hydrogen-bond donors (Lipinski definition) is 1. The number of nitrogen functional groups attached to an aromatic ring is 1. The van der Waals surface area contributed by atoms with E-state index in [1.165, 1.54) is 0 Å². The largest absolute Gasteiger partial charge is 0.383 e. The highest BCUT2D eigenvalue weighted by Gasteiger charge is 2.28. The fourth-order valence-electron chi connectivity index (χ4n) is 1.97. The van der Waals surface area contributed by atoms with Crippen molar-refractivity contribution in [1.82, 2.24) is 9.97 Å². The van der Waals surface area contributed by atoms with Gasteiger partial charge in [-0.3, -0.25) is 0 Å². The van der Waals surface area contributed by atoms with Gasteiger partial charge in [0.2, 0.25) is 0 Å². The lowest BCUT2D eigenvalue weighted by Crippen LogP contribution is -2.19. The molecule has 0 amide bonds. The van der Waals surface area contributed by atoms with Crippen LogP contribution in [0.1, 0.15) is 45.5 Å². The summed E-state index contributed by atoms with van der Waals surface area (Å²) in [6.45, 7) is 11.3. The van der Waals surface area contributed by atoms with Crippen molar-refractivity contribution in [3.63, 3.8) is 0 Å². The Balaban J connectivity index is 2.31. The standard InChI is InChI=1S/C14H23N3OS/c1-8-11(15)16-13(14(3,4)5)17-12(8)19-10-6-7-18-9(10)2/h9-10H,6-7H2,1-5H3,(H2,15,16,17). The maximum Gasteiger partial charge on any atom is 0.137 e. The van der Waals surface area contributed by atoms with Crippen LogP contribution in [-0.2, 0) is 10.2 Å². The number of nitrogens with zero attached hydrogens (tertiary/aromatic N) is 2. The van der Waals surface area contributed by atoms with Crippen LogP contribution in [0, 0.1) is 6.92 Å². The van der Waals surface area contributed by atoms with Crippen LogP contribution >= 0.6 is 11.8 Å². The summed E-state index contributed by atoms with van der Waals surface area (Å²) < 4.78 is 5.61. The van der Waals surface area contributed by atoms with Gasteiger partial charge in [-0.15, -0.1) is 0 Å². The molecule has 2 heterocycles. The Morgan fingerprint density at radius 2 is 2.00 bits per heavy atom. The van der Waals surface area contributed by atoms with Crippen LogP contribution in [0.5, 0.6) is 0 Å². The van der Waals surface area contributed by atoms with Crippen LogP contribution in [0.3, 0.4) is 0 Å². The second-order valence-corrected chi connectivity index (χ2v) is 7.36. The zero-order valence-corrected chi connectivity index (χ0v) is 13.2. The number of aromatic nitrogens is 2. The van der Waals surface area contributed by atoms with Gasteiger partial charge in [-0.1, -0.05) is 32.5 Å². The van der Waals surface area contributed by atoms with Gasteiger partial charge in [-0.05, 0) is 20.3 Å². The first kappa shape index (κ1) is 14.6. The zero-order valence-electron chi connectivity index (χ0n) is 12.4. The lowest BCUT2D eigenvalue weighted by molar-refractivity contribution is 0.127. The minimum atomic E-state index is -0.0884. The van der Waals surface area contributed by atoms with Crippen LogP contribution in [0.15, 0.2) is 5.03 Å². The molecule has 1 saturated heterocycles. The Kier molecular flexibility index (Phi) is 4.06. The average molecular weight is 281 g/mol. The molecule has 19 heavy (non-hydrogen) atoms. The van der Waals surface area contributed by atoms with Crippen molar-refractivity contribution in [3.8, 4) is 0 Å². The van der Waals surface area contributed by atoms with E-state index in [1.807, 2.05) is 6.92 Å². The molecule has 2 unspecified atom stereocenters. The van der Waals surface area contributed by atoms with E-state index >= 15 is 0 Å². The molecule has 106 valence electrons. The molecule has 0 aliphatic carbocycles. The van der Waals surface area contributed by atoms with Crippen LogP contribution in [-0.4, -0.2) is 27.9 Å². The summed E-state index contributed by atoms with van der Waals surface area (Å²) in [6.07, 6.45) is 1.35. The van der Waals surface area contributed by atoms with E-state index in [0.29, 0.717) is 11.1 Å². The molecule has 0 radical (unpaired) electrons. The summed E-state index contributed by atoms with van der Waals surface area (Å²) in [5.74, 6) is 1.40. The van der Waals surface area contributed by atoms with E-state index in [-0.39, 0.29) is 11.5 Å². The van der Waals surface area contributed by atoms with E-state index in [4.69, 9.17) is 15.5 Å². The molecule has 5 heteroatoms. The number of thioether (sulfide) groups is 1. The highest BCUT2D eigenvalue weighted by Crippen LogP contribution is 2.35. The molecule has 4 nitrogen and oxygen atoms in total. The highest BCUT2D eigenvalue weighted by atomic mass is 32.2. The molecule has 2 atom stereocenters. The fraction of sp³-hybridized carbons (Fsp3) is 0.714. The number of hydrogen-bond acceptors (Lipinski definition) is 5. The predicted octanol–water partition coefficient (Wildman–Crippen LogP) is 2.93. The van der Waals surface area contributed by atoms with Gasteiger partial charge in [0.05, 0.1) is 6.10 Å². The third kappa shape index (κ3) is 3.20. The minimum absolute atomic E-state index is 0.0884. The van der Waals surface area contributed by atoms with E-state index in [1.54, 1.807) is 11.8 Å². The van der Waals surface area contributed by atoms with Crippen molar-refractivity contribution >= 4 is 17.6 Å². The van der Waals surface area contributed by atoms with Crippen molar-refractivity contribution in [1.29, 1.82) is 0 Å². The van der Waals surface area contributed by atoms with Gasteiger partial charge >= 0.3 is 0 Å². The van der Waals surface area contributed by atoms with Gasteiger partial charge in [0.15, 0.2) is 0 Å². The predicted molar refractivity (Wildman–Crippen MR) is 79.6 cm³/mol. The van der Waals surface area contributed by atoms with Gasteiger partial charge in [-0.2, -0.15) is 0 Å². The number of rotatable bonds is 2. The van der Waals surface area contributed by atoms with Crippen LogP contribution in [0.2, 0.25) is 0 Å². The van der Waals surface area contributed by atoms with Crippen LogP contribution in [0.4, 0.5) is 5.82 Å². The summed E-state index contributed by atoms with van der Waals surface area (Å²) in [4.78, 5) is 9.14. The molecule has 0 spiro atoms. The Morgan fingerprint density at radius 1 is 1.32 bits per heavy atom. The molecule has 0 aromatic carbocycles. The third-order valence-corrected chi connectivity index (χ3v) is 4.92. The summed E-state index contributed by atoms with van der Waals surface area (Å²) in [6, 6.07) is 0. The third-order valence-electron chi connectivity index (χ3n) is 3.38. The van der Waals surface area contributed by atoms with Gasteiger partial charge in [-0.25, -0.2) is 9.97 Å². The molecule has 1 aliphatic heterocycles. The molecule has 0 saturated carbocycles. The number of anilines is 1. The number of ether oxygens (including phenoxy) is 1. The molecular weight excluding hydrogens is 258 g/mol. The maximum atomic E-state index is 6.03. The smallest absolute Gasteiger partial charge is 0.137 e. The monoisotopic (exact) mass is 281 g/mol.